The molecule has 0 fully saturated rings. The standard InChI is InChI=1S/C10H12I2O3/c1-2-14-6-15-10-8(11)4-3-7(5-13)9(10)12/h3-4,13H,2,5-6H2,1H3. The smallest absolute Gasteiger partial charge is 0.189 e. The highest BCUT2D eigenvalue weighted by molar-refractivity contribution is 14.1. The zero-order valence-electron chi connectivity index (χ0n) is 8.30. The summed E-state index contributed by atoms with van der Waals surface area (Å²) in [6, 6.07) is 3.83. The van der Waals surface area contributed by atoms with Crippen molar-refractivity contribution in [3.05, 3.63) is 24.8 Å². The Labute approximate surface area is 116 Å². The summed E-state index contributed by atoms with van der Waals surface area (Å²) in [4.78, 5) is 0. The van der Waals surface area contributed by atoms with Crippen molar-refractivity contribution in [2.24, 2.45) is 0 Å². The summed E-state index contributed by atoms with van der Waals surface area (Å²) in [5.41, 5.74) is 0.877. The predicted octanol–water partition coefficient (Wildman–Crippen LogP) is 2.76. The van der Waals surface area contributed by atoms with Gasteiger partial charge in [0.25, 0.3) is 0 Å². The van der Waals surface area contributed by atoms with E-state index in [1.807, 2.05) is 19.1 Å². The maximum Gasteiger partial charge on any atom is 0.189 e. The van der Waals surface area contributed by atoms with Crippen LogP contribution in [0.15, 0.2) is 12.1 Å². The summed E-state index contributed by atoms with van der Waals surface area (Å²) in [6.07, 6.45) is 0. The number of aliphatic hydroxyl groups is 1. The number of ether oxygens (including phenoxy) is 2. The monoisotopic (exact) mass is 434 g/mol. The number of hydrogen-bond acceptors (Lipinski definition) is 3. The van der Waals surface area contributed by atoms with Crippen LogP contribution in [0.1, 0.15) is 12.5 Å². The molecule has 0 aliphatic rings. The van der Waals surface area contributed by atoms with E-state index in [1.54, 1.807) is 0 Å². The van der Waals surface area contributed by atoms with Crippen molar-refractivity contribution in [3.63, 3.8) is 0 Å². The zero-order chi connectivity index (χ0) is 11.3. The van der Waals surface area contributed by atoms with Gasteiger partial charge in [0, 0.05) is 6.61 Å². The molecule has 3 nitrogen and oxygen atoms in total. The third-order valence-electron chi connectivity index (χ3n) is 1.79. The van der Waals surface area contributed by atoms with Crippen molar-refractivity contribution < 1.29 is 14.6 Å². The average molecular weight is 434 g/mol. The molecule has 1 N–H and O–H groups in total. The van der Waals surface area contributed by atoms with Gasteiger partial charge in [-0.25, -0.2) is 0 Å². The second-order valence-electron chi connectivity index (χ2n) is 2.76. The topological polar surface area (TPSA) is 38.7 Å². The summed E-state index contributed by atoms with van der Waals surface area (Å²) in [5.74, 6) is 0.788. The molecule has 0 bridgehead atoms. The lowest BCUT2D eigenvalue weighted by atomic mass is 10.2. The molecule has 84 valence electrons. The molecule has 0 atom stereocenters. The molecule has 15 heavy (non-hydrogen) atoms. The van der Waals surface area contributed by atoms with Crippen LogP contribution in [0.4, 0.5) is 0 Å². The summed E-state index contributed by atoms with van der Waals surface area (Å²) in [5, 5.41) is 9.11. The van der Waals surface area contributed by atoms with Gasteiger partial charge >= 0.3 is 0 Å². The van der Waals surface area contributed by atoms with E-state index in [1.165, 1.54) is 0 Å². The molecule has 5 heteroatoms. The quantitative estimate of drug-likeness (QED) is 0.441. The Morgan fingerprint density at radius 2 is 2.07 bits per heavy atom. The van der Waals surface area contributed by atoms with Crippen LogP contribution in [0.5, 0.6) is 5.75 Å². The van der Waals surface area contributed by atoms with Crippen LogP contribution in [0.3, 0.4) is 0 Å². The normalized spacial score (nSPS) is 10.4. The van der Waals surface area contributed by atoms with Crippen LogP contribution < -0.4 is 4.74 Å². The molecule has 0 spiro atoms. The minimum Gasteiger partial charge on any atom is -0.465 e. The summed E-state index contributed by atoms with van der Waals surface area (Å²) < 4.78 is 12.6. The Morgan fingerprint density at radius 1 is 1.33 bits per heavy atom. The minimum atomic E-state index is 0.0280. The maximum absolute atomic E-state index is 9.11. The molecule has 1 aromatic carbocycles. The fraction of sp³-hybridized carbons (Fsp3) is 0.400. The summed E-state index contributed by atoms with van der Waals surface area (Å²) in [7, 11) is 0. The van der Waals surface area contributed by atoms with E-state index in [0.29, 0.717) is 6.61 Å². The van der Waals surface area contributed by atoms with Gasteiger partial charge in [-0.05, 0) is 63.7 Å². The Hall–Kier alpha value is 0.400. The molecule has 0 unspecified atom stereocenters. The first-order valence-corrected chi connectivity index (χ1v) is 6.64. The van der Waals surface area contributed by atoms with E-state index in [2.05, 4.69) is 45.2 Å². The molecule has 1 rings (SSSR count). The van der Waals surface area contributed by atoms with Gasteiger partial charge in [-0.15, -0.1) is 0 Å². The van der Waals surface area contributed by atoms with E-state index in [0.717, 1.165) is 18.5 Å². The van der Waals surface area contributed by atoms with E-state index in [-0.39, 0.29) is 13.4 Å². The van der Waals surface area contributed by atoms with Crippen LogP contribution in [-0.4, -0.2) is 18.5 Å². The second-order valence-corrected chi connectivity index (χ2v) is 5.00. The third kappa shape index (κ3) is 3.72. The van der Waals surface area contributed by atoms with Gasteiger partial charge in [-0.1, -0.05) is 6.07 Å². The molecule has 1 aromatic rings. The second kappa shape index (κ2) is 6.87. The fourth-order valence-corrected chi connectivity index (χ4v) is 2.93. The largest absolute Gasteiger partial charge is 0.465 e. The van der Waals surface area contributed by atoms with Crippen molar-refractivity contribution in [2.75, 3.05) is 13.4 Å². The average Bonchev–Trinajstić information content (AvgIpc) is 2.23. The fourth-order valence-electron chi connectivity index (χ4n) is 1.01. The van der Waals surface area contributed by atoms with Crippen molar-refractivity contribution in [3.8, 4) is 5.75 Å². The van der Waals surface area contributed by atoms with Crippen molar-refractivity contribution in [1.82, 2.24) is 0 Å². The van der Waals surface area contributed by atoms with Gasteiger partial charge in [-0.3, -0.25) is 0 Å². The lowest BCUT2D eigenvalue weighted by Crippen LogP contribution is -2.05. The van der Waals surface area contributed by atoms with Crippen LogP contribution >= 0.6 is 45.2 Å². The van der Waals surface area contributed by atoms with Crippen LogP contribution in [-0.2, 0) is 11.3 Å². The third-order valence-corrected chi connectivity index (χ3v) is 3.82. The first kappa shape index (κ1) is 13.5. The van der Waals surface area contributed by atoms with E-state index < -0.39 is 0 Å². The van der Waals surface area contributed by atoms with Gasteiger partial charge in [0.15, 0.2) is 6.79 Å². The minimum absolute atomic E-state index is 0.0280. The van der Waals surface area contributed by atoms with Crippen LogP contribution in [0, 0.1) is 7.14 Å². The molecule has 0 aliphatic carbocycles. The highest BCUT2D eigenvalue weighted by Crippen LogP contribution is 2.30. The lowest BCUT2D eigenvalue weighted by molar-refractivity contribution is 0.0212. The molecule has 0 aliphatic heterocycles. The Bertz CT molecular complexity index is 329. The van der Waals surface area contributed by atoms with Crippen molar-refractivity contribution in [1.29, 1.82) is 0 Å². The van der Waals surface area contributed by atoms with Crippen LogP contribution in [0.25, 0.3) is 0 Å². The number of halogens is 2. The van der Waals surface area contributed by atoms with Gasteiger partial charge in [-0.2, -0.15) is 0 Å². The summed E-state index contributed by atoms with van der Waals surface area (Å²) >= 11 is 4.38. The Morgan fingerprint density at radius 3 is 2.67 bits per heavy atom. The Kier molecular flexibility index (Phi) is 6.17. The molecular formula is C10H12I2O3. The van der Waals surface area contributed by atoms with Gasteiger partial charge < -0.3 is 14.6 Å². The van der Waals surface area contributed by atoms with E-state index in [4.69, 9.17) is 14.6 Å². The van der Waals surface area contributed by atoms with E-state index >= 15 is 0 Å². The van der Waals surface area contributed by atoms with Crippen LogP contribution in [0.2, 0.25) is 0 Å². The van der Waals surface area contributed by atoms with Gasteiger partial charge in [0.1, 0.15) is 5.75 Å². The summed E-state index contributed by atoms with van der Waals surface area (Å²) in [6.45, 7) is 2.83. The first-order valence-electron chi connectivity index (χ1n) is 4.49. The molecule has 0 saturated carbocycles. The highest BCUT2D eigenvalue weighted by atomic mass is 127. The number of rotatable bonds is 5. The van der Waals surface area contributed by atoms with Crippen molar-refractivity contribution in [2.45, 2.75) is 13.5 Å². The van der Waals surface area contributed by atoms with E-state index in [9.17, 15) is 0 Å². The highest BCUT2D eigenvalue weighted by Gasteiger charge is 2.10. The maximum atomic E-state index is 9.11. The number of benzene rings is 1. The van der Waals surface area contributed by atoms with Gasteiger partial charge in [0.05, 0.1) is 13.7 Å². The molecule has 0 heterocycles. The molecule has 0 aromatic heterocycles. The molecular weight excluding hydrogens is 422 g/mol. The zero-order valence-corrected chi connectivity index (χ0v) is 12.6. The van der Waals surface area contributed by atoms with Gasteiger partial charge in [0.2, 0.25) is 0 Å². The molecule has 0 radical (unpaired) electrons. The molecule has 0 amide bonds. The lowest BCUT2D eigenvalue weighted by Gasteiger charge is -2.12. The Balaban J connectivity index is 2.84. The first-order chi connectivity index (χ1) is 7.20. The number of aliphatic hydroxyl groups excluding tert-OH is 1. The van der Waals surface area contributed by atoms with Crippen molar-refractivity contribution >= 4 is 45.2 Å². The number of hydrogen-bond donors (Lipinski definition) is 1. The predicted molar refractivity (Wildman–Crippen MR) is 74.9 cm³/mol. The molecule has 0 saturated heterocycles. The SMILES string of the molecule is CCOCOc1c(I)ccc(CO)c1I.